The average Bonchev–Trinajstić information content (AvgIpc) is 2.47. The Morgan fingerprint density at radius 1 is 0.952 bits per heavy atom. The molecule has 0 spiro atoms. The van der Waals surface area contributed by atoms with E-state index < -0.39 is 0 Å². The molecular weight excluding hydrogens is 264 g/mol. The molecule has 0 aromatic rings. The summed E-state index contributed by atoms with van der Waals surface area (Å²) in [5.41, 5.74) is 0. The molecule has 0 bridgehead atoms. The van der Waals surface area contributed by atoms with Crippen molar-refractivity contribution in [1.82, 2.24) is 11.5 Å². The van der Waals surface area contributed by atoms with E-state index in [1.54, 1.807) is 0 Å². The van der Waals surface area contributed by atoms with Gasteiger partial charge in [-0.2, -0.15) is 0 Å². The third-order valence-electron chi connectivity index (χ3n) is 4.07. The summed E-state index contributed by atoms with van der Waals surface area (Å²) in [4.78, 5) is 11.7. The molecule has 0 radical (unpaired) electrons. The van der Waals surface area contributed by atoms with Crippen LogP contribution in [0.1, 0.15) is 79.1 Å². The minimum atomic E-state index is -0.241. The fourth-order valence-corrected chi connectivity index (χ4v) is 2.31. The molecule has 0 fully saturated rings. The van der Waals surface area contributed by atoms with Crippen molar-refractivity contribution in [3.8, 4) is 0 Å². The molecule has 4 N–H and O–H groups in total. The van der Waals surface area contributed by atoms with Crippen molar-refractivity contribution >= 4 is 6.09 Å². The zero-order chi connectivity index (χ0) is 15.2. The van der Waals surface area contributed by atoms with E-state index in [9.17, 15) is 4.79 Å². The number of carbonyl (C=O) groups is 1. The molecule has 0 aromatic heterocycles. The van der Waals surface area contributed by atoms with Crippen LogP contribution in [0, 0.1) is 11.8 Å². The third kappa shape index (κ3) is 12.7. The van der Waals surface area contributed by atoms with Gasteiger partial charge in [-0.1, -0.05) is 66.2 Å². The molecule has 0 rings (SSSR count). The maximum atomic E-state index is 11.7. The molecule has 0 heterocycles. The highest BCUT2D eigenvalue weighted by Gasteiger charge is 2.11. The molecule has 0 aliphatic rings. The van der Waals surface area contributed by atoms with Gasteiger partial charge in [0.25, 0.3) is 0 Å². The van der Waals surface area contributed by atoms with Gasteiger partial charge < -0.3 is 16.2 Å². The van der Waals surface area contributed by atoms with Gasteiger partial charge in [0, 0.05) is 6.54 Å². The molecular formula is C17H38N2O2. The van der Waals surface area contributed by atoms with Crippen LogP contribution >= 0.6 is 0 Å². The summed E-state index contributed by atoms with van der Waals surface area (Å²) < 4.78 is 5.34. The van der Waals surface area contributed by atoms with Crippen LogP contribution in [0.4, 0.5) is 4.79 Å². The summed E-state index contributed by atoms with van der Waals surface area (Å²) in [7, 11) is 0. The van der Waals surface area contributed by atoms with Crippen molar-refractivity contribution in [2.45, 2.75) is 79.1 Å². The maximum Gasteiger partial charge on any atom is 0.407 e. The number of nitrogens with one attached hydrogen (secondary N) is 1. The summed E-state index contributed by atoms with van der Waals surface area (Å²) in [5.74, 6) is 1.10. The standard InChI is InChI=1S/C17H35NO2.H3N/c1-5-9-11-15(7-3)13-18-17(19)20-14-16(8-4)12-10-6-2;/h15-16H,5-14H2,1-4H3,(H,18,19);1H3. The monoisotopic (exact) mass is 302 g/mol. The third-order valence-corrected chi connectivity index (χ3v) is 4.07. The fourth-order valence-electron chi connectivity index (χ4n) is 2.31. The molecule has 21 heavy (non-hydrogen) atoms. The highest BCUT2D eigenvalue weighted by molar-refractivity contribution is 5.67. The first-order valence-corrected chi connectivity index (χ1v) is 8.58. The Morgan fingerprint density at radius 2 is 1.48 bits per heavy atom. The molecule has 0 aromatic carbocycles. The van der Waals surface area contributed by atoms with Crippen LogP contribution in [-0.4, -0.2) is 19.2 Å². The van der Waals surface area contributed by atoms with E-state index in [1.807, 2.05) is 0 Å². The average molecular weight is 303 g/mol. The van der Waals surface area contributed by atoms with Crippen molar-refractivity contribution in [3.05, 3.63) is 0 Å². The van der Waals surface area contributed by atoms with E-state index in [2.05, 4.69) is 33.0 Å². The van der Waals surface area contributed by atoms with Crippen LogP contribution in [-0.2, 0) is 4.74 Å². The molecule has 0 saturated carbocycles. The number of alkyl carbamates (subject to hydrolysis) is 1. The van der Waals surface area contributed by atoms with Crippen molar-refractivity contribution in [2.75, 3.05) is 13.2 Å². The SMILES string of the molecule is CCCCC(CC)CNC(=O)OCC(CC)CCCC.N. The second-order valence-electron chi connectivity index (χ2n) is 5.81. The zero-order valence-electron chi connectivity index (χ0n) is 14.7. The van der Waals surface area contributed by atoms with Crippen LogP contribution in [0.15, 0.2) is 0 Å². The number of amides is 1. The van der Waals surface area contributed by atoms with Crippen molar-refractivity contribution in [2.24, 2.45) is 11.8 Å². The molecule has 0 aliphatic carbocycles. The number of hydrogen-bond acceptors (Lipinski definition) is 3. The predicted molar refractivity (Wildman–Crippen MR) is 91.0 cm³/mol. The summed E-state index contributed by atoms with van der Waals surface area (Å²) in [6.07, 6.45) is 9.21. The fraction of sp³-hybridized carbons (Fsp3) is 0.941. The topological polar surface area (TPSA) is 73.3 Å². The molecule has 1 amide bonds. The number of hydrogen-bond donors (Lipinski definition) is 2. The largest absolute Gasteiger partial charge is 0.449 e. The van der Waals surface area contributed by atoms with Gasteiger partial charge in [-0.3, -0.25) is 0 Å². The quantitative estimate of drug-likeness (QED) is 0.513. The Bertz CT molecular complexity index is 213. The lowest BCUT2D eigenvalue weighted by Gasteiger charge is -2.17. The molecule has 4 heteroatoms. The van der Waals surface area contributed by atoms with E-state index in [4.69, 9.17) is 4.74 Å². The lowest BCUT2D eigenvalue weighted by molar-refractivity contribution is 0.121. The Kier molecular flexibility index (Phi) is 16.7. The van der Waals surface area contributed by atoms with Gasteiger partial charge in [-0.25, -0.2) is 4.79 Å². The highest BCUT2D eigenvalue weighted by Crippen LogP contribution is 2.13. The van der Waals surface area contributed by atoms with E-state index in [-0.39, 0.29) is 12.2 Å². The highest BCUT2D eigenvalue weighted by atomic mass is 16.5. The predicted octanol–water partition coefficient (Wildman–Crippen LogP) is 5.31. The first-order valence-electron chi connectivity index (χ1n) is 8.58. The molecule has 0 aliphatic heterocycles. The van der Waals surface area contributed by atoms with Crippen LogP contribution < -0.4 is 11.5 Å². The molecule has 0 saturated heterocycles. The van der Waals surface area contributed by atoms with Crippen LogP contribution in [0.3, 0.4) is 0 Å². The number of rotatable bonds is 12. The second kappa shape index (κ2) is 15.6. The first kappa shape index (κ1) is 22.5. The Labute approximate surface area is 132 Å². The van der Waals surface area contributed by atoms with Crippen molar-refractivity contribution < 1.29 is 9.53 Å². The van der Waals surface area contributed by atoms with E-state index >= 15 is 0 Å². The normalized spacial score (nSPS) is 13.1. The summed E-state index contributed by atoms with van der Waals surface area (Å²) in [5, 5.41) is 2.92. The van der Waals surface area contributed by atoms with Gasteiger partial charge in [0.2, 0.25) is 0 Å². The van der Waals surface area contributed by atoms with E-state index in [1.165, 1.54) is 32.1 Å². The zero-order valence-corrected chi connectivity index (χ0v) is 14.7. The lowest BCUT2D eigenvalue weighted by Crippen LogP contribution is -2.31. The van der Waals surface area contributed by atoms with Crippen molar-refractivity contribution in [1.29, 1.82) is 0 Å². The maximum absolute atomic E-state index is 11.7. The van der Waals surface area contributed by atoms with Crippen LogP contribution in [0.2, 0.25) is 0 Å². The van der Waals surface area contributed by atoms with Gasteiger partial charge in [0.1, 0.15) is 0 Å². The molecule has 2 atom stereocenters. The minimum Gasteiger partial charge on any atom is -0.449 e. The van der Waals surface area contributed by atoms with Gasteiger partial charge in [-0.15, -0.1) is 0 Å². The minimum absolute atomic E-state index is 0. The van der Waals surface area contributed by atoms with E-state index in [0.29, 0.717) is 18.4 Å². The number of carbonyl (C=O) groups excluding carboxylic acids is 1. The molecule has 4 nitrogen and oxygen atoms in total. The number of ether oxygens (including phenoxy) is 1. The Morgan fingerprint density at radius 3 is 1.95 bits per heavy atom. The number of unbranched alkanes of at least 4 members (excludes halogenated alkanes) is 2. The van der Waals surface area contributed by atoms with Crippen LogP contribution in [0.25, 0.3) is 0 Å². The summed E-state index contributed by atoms with van der Waals surface area (Å²) in [6, 6.07) is 0. The summed E-state index contributed by atoms with van der Waals surface area (Å²) in [6.45, 7) is 10.1. The van der Waals surface area contributed by atoms with Gasteiger partial charge in [0.05, 0.1) is 6.61 Å². The Hall–Kier alpha value is -0.770. The van der Waals surface area contributed by atoms with E-state index in [0.717, 1.165) is 25.8 Å². The van der Waals surface area contributed by atoms with Crippen LogP contribution in [0.5, 0.6) is 0 Å². The lowest BCUT2D eigenvalue weighted by atomic mass is 9.99. The molecule has 128 valence electrons. The van der Waals surface area contributed by atoms with Gasteiger partial charge >= 0.3 is 6.09 Å². The van der Waals surface area contributed by atoms with Gasteiger partial charge in [0.15, 0.2) is 0 Å². The van der Waals surface area contributed by atoms with Crippen molar-refractivity contribution in [3.63, 3.8) is 0 Å². The Balaban J connectivity index is 0. The smallest absolute Gasteiger partial charge is 0.407 e. The second-order valence-corrected chi connectivity index (χ2v) is 5.81. The molecule has 2 unspecified atom stereocenters. The first-order chi connectivity index (χ1) is 9.67. The van der Waals surface area contributed by atoms with Gasteiger partial charge in [-0.05, 0) is 24.7 Å². The summed E-state index contributed by atoms with van der Waals surface area (Å²) >= 11 is 0.